The van der Waals surface area contributed by atoms with Crippen molar-refractivity contribution >= 4 is 11.8 Å². The fourth-order valence-corrected chi connectivity index (χ4v) is 4.80. The second kappa shape index (κ2) is 23.6. The maximum Gasteiger partial charge on any atom is 0.115 e. The lowest BCUT2D eigenvalue weighted by molar-refractivity contribution is -0.893. The molecule has 3 nitrogen and oxygen atoms in total. The third kappa shape index (κ3) is 23.5. The van der Waals surface area contributed by atoms with E-state index in [0.29, 0.717) is 0 Å². The number of halogens is 1. The van der Waals surface area contributed by atoms with Crippen LogP contribution in [-0.2, 0) is 4.74 Å². The van der Waals surface area contributed by atoms with E-state index < -0.39 is 0 Å². The van der Waals surface area contributed by atoms with E-state index in [1.54, 1.807) is 0 Å². The van der Waals surface area contributed by atoms with Crippen LogP contribution in [0.15, 0.2) is 0 Å². The van der Waals surface area contributed by atoms with Crippen molar-refractivity contribution in [2.45, 2.75) is 103 Å². The highest BCUT2D eigenvalue weighted by Gasteiger charge is 2.21. The zero-order chi connectivity index (χ0) is 20.9. The van der Waals surface area contributed by atoms with Crippen LogP contribution < -0.4 is 24.0 Å². The third-order valence-electron chi connectivity index (χ3n) is 5.68. The van der Waals surface area contributed by atoms with Crippen molar-refractivity contribution in [3.63, 3.8) is 0 Å². The predicted molar refractivity (Wildman–Crippen MR) is 127 cm³/mol. The van der Waals surface area contributed by atoms with Crippen molar-refractivity contribution in [1.82, 2.24) is 0 Å². The van der Waals surface area contributed by atoms with Crippen LogP contribution in [0.4, 0.5) is 0 Å². The molecule has 0 aliphatic rings. The van der Waals surface area contributed by atoms with Crippen LogP contribution in [0.25, 0.3) is 0 Å². The van der Waals surface area contributed by atoms with Gasteiger partial charge in [0.05, 0.1) is 20.7 Å². The van der Waals surface area contributed by atoms with E-state index in [2.05, 4.69) is 21.0 Å². The van der Waals surface area contributed by atoms with Crippen LogP contribution >= 0.6 is 11.8 Å². The molecule has 0 saturated carbocycles. The molecule has 0 amide bonds. The zero-order valence-electron chi connectivity index (χ0n) is 20.1. The van der Waals surface area contributed by atoms with Gasteiger partial charge in [-0.2, -0.15) is 11.8 Å². The summed E-state index contributed by atoms with van der Waals surface area (Å²) in [6.07, 6.45) is 20.2. The van der Waals surface area contributed by atoms with Crippen LogP contribution in [0.2, 0.25) is 0 Å². The quantitative estimate of drug-likeness (QED) is 0.129. The molecule has 178 valence electrons. The molecular formula is C24H52INO2S. The zero-order valence-corrected chi connectivity index (χ0v) is 23.1. The minimum absolute atomic E-state index is 0. The first-order chi connectivity index (χ1) is 13.6. The van der Waals surface area contributed by atoms with Gasteiger partial charge in [0.25, 0.3) is 0 Å². The minimum atomic E-state index is 0. The third-order valence-corrected chi connectivity index (χ3v) is 6.87. The topological polar surface area (TPSA) is 29.5 Å². The number of hydrogen-bond acceptors (Lipinski definition) is 3. The number of aliphatic hydroxyl groups is 1. The maximum absolute atomic E-state index is 9.15. The van der Waals surface area contributed by atoms with Gasteiger partial charge >= 0.3 is 0 Å². The summed E-state index contributed by atoms with van der Waals surface area (Å²) in [6, 6.07) is 0. The number of thioether (sulfide) groups is 1. The molecule has 5 heteroatoms. The number of rotatable bonds is 22. The average Bonchev–Trinajstić information content (AvgIpc) is 2.66. The van der Waals surface area contributed by atoms with Gasteiger partial charge in [0.15, 0.2) is 0 Å². The number of aliphatic hydroxyl groups excluding tert-OH is 1. The molecule has 0 fully saturated rings. The highest BCUT2D eigenvalue weighted by molar-refractivity contribution is 7.99. The number of methoxy groups -OCH3 is 1. The van der Waals surface area contributed by atoms with Gasteiger partial charge in [-0.25, -0.2) is 0 Å². The summed E-state index contributed by atoms with van der Waals surface area (Å²) in [7, 11) is 6.15. The molecule has 0 aromatic heterocycles. The van der Waals surface area contributed by atoms with Crippen LogP contribution in [0.1, 0.15) is 96.8 Å². The molecule has 0 aromatic carbocycles. The Morgan fingerprint density at radius 2 is 1.24 bits per heavy atom. The van der Waals surface area contributed by atoms with Crippen LogP contribution in [0.3, 0.4) is 0 Å². The summed E-state index contributed by atoms with van der Waals surface area (Å²) in [5, 5.41) is 9.15. The Morgan fingerprint density at radius 1 is 0.793 bits per heavy atom. The summed E-state index contributed by atoms with van der Waals surface area (Å²) in [5.74, 6) is 2.33. The molecule has 0 saturated heterocycles. The molecule has 0 spiro atoms. The van der Waals surface area contributed by atoms with Gasteiger partial charge in [0.2, 0.25) is 0 Å². The standard InChI is InChI=1S/C24H52NO2S.HI/c1-5-6-7-8-9-10-11-12-13-14-15-16-17-18-21-28-23-24(27-4)22-25(2,3)19-20-26;/h24,26H,5-23H2,1-4H3;1H/q+1;/p-1. The van der Waals surface area contributed by atoms with Crippen molar-refractivity contribution in [1.29, 1.82) is 0 Å². The average molecular weight is 546 g/mol. The van der Waals surface area contributed by atoms with Crippen molar-refractivity contribution in [2.24, 2.45) is 0 Å². The first-order valence-electron chi connectivity index (χ1n) is 12.1. The number of quaternary nitrogens is 1. The molecular weight excluding hydrogens is 493 g/mol. The summed E-state index contributed by atoms with van der Waals surface area (Å²) in [6.45, 7) is 4.31. The number of nitrogens with zero attached hydrogens (tertiary/aromatic N) is 1. The SMILES string of the molecule is CCCCCCCCCCCCCCCCSCC(C[N+](C)(C)CCO)OC.[I-]. The lowest BCUT2D eigenvalue weighted by Gasteiger charge is -2.32. The Bertz CT molecular complexity index is 319. The van der Waals surface area contributed by atoms with Crippen LogP contribution in [0.5, 0.6) is 0 Å². The Labute approximate surface area is 204 Å². The number of unbranched alkanes of at least 4 members (excludes halogenated alkanes) is 13. The van der Waals surface area contributed by atoms with Crippen molar-refractivity contribution < 1.29 is 38.3 Å². The molecule has 0 bridgehead atoms. The van der Waals surface area contributed by atoms with E-state index in [1.807, 2.05) is 18.9 Å². The van der Waals surface area contributed by atoms with Gasteiger partial charge in [0, 0.05) is 12.9 Å². The van der Waals surface area contributed by atoms with Crippen molar-refractivity contribution in [3.8, 4) is 0 Å². The minimum Gasteiger partial charge on any atom is -1.00 e. The van der Waals surface area contributed by atoms with E-state index in [4.69, 9.17) is 9.84 Å². The molecule has 0 aromatic rings. The van der Waals surface area contributed by atoms with E-state index >= 15 is 0 Å². The van der Waals surface area contributed by atoms with Gasteiger partial charge < -0.3 is 38.3 Å². The predicted octanol–water partition coefficient (Wildman–Crippen LogP) is 3.29. The fraction of sp³-hybridized carbons (Fsp3) is 1.00. The molecule has 1 unspecified atom stereocenters. The monoisotopic (exact) mass is 545 g/mol. The summed E-state index contributed by atoms with van der Waals surface area (Å²) in [5.41, 5.74) is 0. The van der Waals surface area contributed by atoms with Gasteiger partial charge in [-0.3, -0.25) is 0 Å². The smallest absolute Gasteiger partial charge is 0.115 e. The molecule has 0 aliphatic heterocycles. The second-order valence-electron chi connectivity index (χ2n) is 9.09. The van der Waals surface area contributed by atoms with E-state index in [0.717, 1.165) is 23.3 Å². The first kappa shape index (κ1) is 32.1. The Kier molecular flexibility index (Phi) is 26.2. The number of likely N-dealkylation sites (N-methyl/N-ethyl adjacent to an activating group) is 1. The molecule has 0 rings (SSSR count). The van der Waals surface area contributed by atoms with Gasteiger partial charge in [-0.1, -0.05) is 90.4 Å². The van der Waals surface area contributed by atoms with Crippen LogP contribution in [-0.4, -0.2) is 68.1 Å². The Morgan fingerprint density at radius 3 is 1.66 bits per heavy atom. The fourth-order valence-electron chi connectivity index (χ4n) is 3.72. The maximum atomic E-state index is 9.15. The lowest BCUT2D eigenvalue weighted by Crippen LogP contribution is -3.00. The number of ether oxygens (including phenoxy) is 1. The molecule has 0 aliphatic carbocycles. The summed E-state index contributed by atoms with van der Waals surface area (Å²) >= 11 is 2.03. The Hall–Kier alpha value is 0.960. The lowest BCUT2D eigenvalue weighted by atomic mass is 10.0. The van der Waals surface area contributed by atoms with Crippen LogP contribution in [0, 0.1) is 0 Å². The van der Waals surface area contributed by atoms with E-state index in [1.165, 1.54) is 95.6 Å². The highest BCUT2D eigenvalue weighted by Crippen LogP contribution is 2.15. The van der Waals surface area contributed by atoms with Gasteiger partial charge in [0.1, 0.15) is 19.2 Å². The van der Waals surface area contributed by atoms with Crippen molar-refractivity contribution in [3.05, 3.63) is 0 Å². The molecule has 0 heterocycles. The Balaban J connectivity index is 0. The van der Waals surface area contributed by atoms with E-state index in [-0.39, 0.29) is 36.7 Å². The van der Waals surface area contributed by atoms with E-state index in [9.17, 15) is 0 Å². The van der Waals surface area contributed by atoms with Gasteiger partial charge in [-0.05, 0) is 12.2 Å². The molecule has 1 N–H and O–H groups in total. The highest BCUT2D eigenvalue weighted by atomic mass is 127. The summed E-state index contributed by atoms with van der Waals surface area (Å²) in [4.78, 5) is 0. The number of hydrogen-bond donors (Lipinski definition) is 1. The second-order valence-corrected chi connectivity index (χ2v) is 10.2. The molecule has 29 heavy (non-hydrogen) atoms. The van der Waals surface area contributed by atoms with Gasteiger partial charge in [-0.15, -0.1) is 0 Å². The van der Waals surface area contributed by atoms with Crippen molar-refractivity contribution in [2.75, 3.05) is 52.4 Å². The first-order valence-corrected chi connectivity index (χ1v) is 13.2. The molecule has 1 atom stereocenters. The largest absolute Gasteiger partial charge is 1.00 e. The normalized spacial score (nSPS) is 12.7. The molecule has 0 radical (unpaired) electrons. The summed E-state index contributed by atoms with van der Waals surface area (Å²) < 4.78 is 6.47.